The maximum absolute atomic E-state index is 10.7. The van der Waals surface area contributed by atoms with Crippen LogP contribution < -0.4 is 11.1 Å². The first-order valence-electron chi connectivity index (χ1n) is 6.77. The predicted octanol–water partition coefficient (Wildman–Crippen LogP) is 2.73. The first kappa shape index (κ1) is 14.9. The average molecular weight is 299 g/mol. The van der Waals surface area contributed by atoms with Crippen LogP contribution in [0.1, 0.15) is 19.3 Å². The second-order valence-corrected chi connectivity index (χ2v) is 5.38. The number of rotatable bonds is 5. The number of nitrogens with one attached hydrogen (secondary N) is 1. The van der Waals surface area contributed by atoms with E-state index in [2.05, 4.69) is 10.2 Å². The first-order valence-corrected chi connectivity index (χ1v) is 7.15. The highest BCUT2D eigenvalue weighted by Gasteiger charge is 2.15. The van der Waals surface area contributed by atoms with Crippen molar-refractivity contribution < 1.29 is 4.92 Å². The standard InChI is InChI=1S/C13H19ClN4O2/c14-10-8-13(18(19)20)11(15)9-12(10)16-4-7-17-5-2-1-3-6-17/h8-9,16H,1-7,15H2. The van der Waals surface area contributed by atoms with Crippen LogP contribution in [0.4, 0.5) is 17.1 Å². The van der Waals surface area contributed by atoms with E-state index in [-0.39, 0.29) is 11.4 Å². The van der Waals surface area contributed by atoms with E-state index in [1.807, 2.05) is 0 Å². The molecule has 7 heteroatoms. The highest BCUT2D eigenvalue weighted by Crippen LogP contribution is 2.32. The third-order valence-electron chi connectivity index (χ3n) is 3.51. The van der Waals surface area contributed by atoms with Crippen molar-refractivity contribution >= 4 is 28.7 Å². The van der Waals surface area contributed by atoms with Gasteiger partial charge in [-0.05, 0) is 32.0 Å². The van der Waals surface area contributed by atoms with Gasteiger partial charge in [-0.1, -0.05) is 18.0 Å². The number of piperidine rings is 1. The number of nitrogens with two attached hydrogens (primary N) is 1. The Morgan fingerprint density at radius 1 is 1.35 bits per heavy atom. The number of nitro benzene ring substituents is 1. The van der Waals surface area contributed by atoms with Gasteiger partial charge >= 0.3 is 0 Å². The van der Waals surface area contributed by atoms with Gasteiger partial charge in [0, 0.05) is 19.2 Å². The minimum absolute atomic E-state index is 0.125. The fraction of sp³-hybridized carbons (Fsp3) is 0.538. The molecule has 1 saturated heterocycles. The van der Waals surface area contributed by atoms with Crippen molar-refractivity contribution in [1.29, 1.82) is 0 Å². The van der Waals surface area contributed by atoms with E-state index in [9.17, 15) is 10.1 Å². The SMILES string of the molecule is Nc1cc(NCCN2CCCCC2)c(Cl)cc1[N+](=O)[O-]. The maximum Gasteiger partial charge on any atom is 0.293 e. The molecule has 0 atom stereocenters. The van der Waals surface area contributed by atoms with Crippen LogP contribution in [-0.2, 0) is 0 Å². The molecule has 3 N–H and O–H groups in total. The number of hydrogen-bond acceptors (Lipinski definition) is 5. The van der Waals surface area contributed by atoms with Gasteiger partial charge in [-0.2, -0.15) is 0 Å². The summed E-state index contributed by atoms with van der Waals surface area (Å²) < 4.78 is 0. The first-order chi connectivity index (χ1) is 9.58. The summed E-state index contributed by atoms with van der Waals surface area (Å²) in [5, 5.41) is 14.3. The number of hydrogen-bond donors (Lipinski definition) is 2. The predicted molar refractivity (Wildman–Crippen MR) is 81.3 cm³/mol. The molecule has 0 unspecified atom stereocenters. The molecule has 1 heterocycles. The lowest BCUT2D eigenvalue weighted by atomic mass is 10.1. The van der Waals surface area contributed by atoms with Crippen molar-refractivity contribution in [1.82, 2.24) is 4.90 Å². The summed E-state index contributed by atoms with van der Waals surface area (Å²) >= 11 is 6.03. The normalized spacial score (nSPS) is 16.1. The van der Waals surface area contributed by atoms with Crippen molar-refractivity contribution in [3.8, 4) is 0 Å². The molecule has 0 saturated carbocycles. The largest absolute Gasteiger partial charge is 0.393 e. The number of likely N-dealkylation sites (tertiary alicyclic amines) is 1. The van der Waals surface area contributed by atoms with Gasteiger partial charge in [-0.3, -0.25) is 10.1 Å². The molecule has 0 aromatic heterocycles. The van der Waals surface area contributed by atoms with Crippen molar-refractivity contribution in [3.63, 3.8) is 0 Å². The molecule has 110 valence electrons. The molecular formula is C13H19ClN4O2. The summed E-state index contributed by atoms with van der Waals surface area (Å²) in [5.41, 5.74) is 6.27. The number of nitro groups is 1. The zero-order valence-corrected chi connectivity index (χ0v) is 12.0. The minimum atomic E-state index is -0.529. The molecule has 0 bridgehead atoms. The fourth-order valence-corrected chi connectivity index (χ4v) is 2.63. The van der Waals surface area contributed by atoms with Crippen LogP contribution >= 0.6 is 11.6 Å². The zero-order chi connectivity index (χ0) is 14.5. The van der Waals surface area contributed by atoms with E-state index in [1.165, 1.54) is 31.4 Å². The van der Waals surface area contributed by atoms with E-state index in [1.54, 1.807) is 0 Å². The van der Waals surface area contributed by atoms with Gasteiger partial charge in [0.15, 0.2) is 0 Å². The molecule has 0 spiro atoms. The Hall–Kier alpha value is -1.53. The van der Waals surface area contributed by atoms with Gasteiger partial charge in [0.25, 0.3) is 5.69 Å². The Morgan fingerprint density at radius 3 is 2.70 bits per heavy atom. The van der Waals surface area contributed by atoms with Gasteiger partial charge in [0.1, 0.15) is 5.69 Å². The number of anilines is 2. The van der Waals surface area contributed by atoms with E-state index < -0.39 is 4.92 Å². The van der Waals surface area contributed by atoms with Gasteiger partial charge in [0.2, 0.25) is 0 Å². The minimum Gasteiger partial charge on any atom is -0.393 e. The van der Waals surface area contributed by atoms with Gasteiger partial charge in [-0.25, -0.2) is 0 Å². The monoisotopic (exact) mass is 298 g/mol. The summed E-state index contributed by atoms with van der Waals surface area (Å²) in [6.45, 7) is 3.96. The molecule has 1 aromatic carbocycles. The Morgan fingerprint density at radius 2 is 2.05 bits per heavy atom. The lowest BCUT2D eigenvalue weighted by Crippen LogP contribution is -2.33. The average Bonchev–Trinajstić information content (AvgIpc) is 2.43. The number of benzene rings is 1. The van der Waals surface area contributed by atoms with Crippen molar-refractivity contribution in [2.24, 2.45) is 0 Å². The summed E-state index contributed by atoms with van der Waals surface area (Å²) in [5.74, 6) is 0. The second-order valence-electron chi connectivity index (χ2n) is 4.98. The summed E-state index contributed by atoms with van der Waals surface area (Å²) in [6.07, 6.45) is 3.82. The van der Waals surface area contributed by atoms with Gasteiger partial charge in [0.05, 0.1) is 15.6 Å². The molecule has 0 radical (unpaired) electrons. The van der Waals surface area contributed by atoms with Crippen LogP contribution in [0.25, 0.3) is 0 Å². The molecule has 1 aliphatic heterocycles. The van der Waals surface area contributed by atoms with Crippen LogP contribution in [0.15, 0.2) is 12.1 Å². The molecular weight excluding hydrogens is 280 g/mol. The number of nitrogen functional groups attached to an aromatic ring is 1. The summed E-state index contributed by atoms with van der Waals surface area (Å²) in [7, 11) is 0. The quantitative estimate of drug-likeness (QED) is 0.496. The Bertz CT molecular complexity index is 490. The molecule has 1 aromatic rings. The maximum atomic E-state index is 10.7. The van der Waals surface area contributed by atoms with Gasteiger partial charge < -0.3 is 16.0 Å². The third-order valence-corrected chi connectivity index (χ3v) is 3.82. The van der Waals surface area contributed by atoms with E-state index in [0.717, 1.165) is 26.2 Å². The lowest BCUT2D eigenvalue weighted by molar-refractivity contribution is -0.383. The van der Waals surface area contributed by atoms with Gasteiger partial charge in [-0.15, -0.1) is 0 Å². The van der Waals surface area contributed by atoms with Crippen LogP contribution in [0, 0.1) is 10.1 Å². The highest BCUT2D eigenvalue weighted by atomic mass is 35.5. The number of halogens is 1. The van der Waals surface area contributed by atoms with Crippen LogP contribution in [0.5, 0.6) is 0 Å². The molecule has 20 heavy (non-hydrogen) atoms. The molecule has 0 amide bonds. The molecule has 6 nitrogen and oxygen atoms in total. The van der Waals surface area contributed by atoms with Crippen molar-refractivity contribution in [2.75, 3.05) is 37.2 Å². The van der Waals surface area contributed by atoms with Crippen molar-refractivity contribution in [3.05, 3.63) is 27.3 Å². The topological polar surface area (TPSA) is 84.4 Å². The third kappa shape index (κ3) is 3.74. The van der Waals surface area contributed by atoms with Crippen LogP contribution in [0.2, 0.25) is 5.02 Å². The Balaban J connectivity index is 1.92. The molecule has 1 aliphatic rings. The van der Waals surface area contributed by atoms with E-state index in [0.29, 0.717) is 10.7 Å². The lowest BCUT2D eigenvalue weighted by Gasteiger charge is -2.26. The molecule has 2 rings (SSSR count). The second kappa shape index (κ2) is 6.76. The number of nitrogens with zero attached hydrogens (tertiary/aromatic N) is 2. The fourth-order valence-electron chi connectivity index (χ4n) is 2.40. The summed E-state index contributed by atoms with van der Waals surface area (Å²) in [4.78, 5) is 12.6. The summed E-state index contributed by atoms with van der Waals surface area (Å²) in [6, 6.07) is 2.82. The van der Waals surface area contributed by atoms with Crippen LogP contribution in [0.3, 0.4) is 0 Å². The van der Waals surface area contributed by atoms with Crippen molar-refractivity contribution in [2.45, 2.75) is 19.3 Å². The Labute approximate surface area is 123 Å². The smallest absolute Gasteiger partial charge is 0.293 e. The molecule has 1 fully saturated rings. The molecule has 0 aliphatic carbocycles. The highest BCUT2D eigenvalue weighted by molar-refractivity contribution is 6.33. The zero-order valence-electron chi connectivity index (χ0n) is 11.3. The Kier molecular flexibility index (Phi) is 5.03. The van der Waals surface area contributed by atoms with E-state index >= 15 is 0 Å². The van der Waals surface area contributed by atoms with Crippen LogP contribution in [-0.4, -0.2) is 36.0 Å². The van der Waals surface area contributed by atoms with E-state index in [4.69, 9.17) is 17.3 Å².